The molecule has 10 heteroatoms. The van der Waals surface area contributed by atoms with E-state index in [0.29, 0.717) is 28.4 Å². The number of ether oxygens (including phenoxy) is 1. The number of nitrogens with one attached hydrogen (secondary N) is 1. The fourth-order valence-electron chi connectivity index (χ4n) is 3.63. The molecule has 4 rings (SSSR count). The normalized spacial score (nSPS) is 11.5. The van der Waals surface area contributed by atoms with Crippen molar-refractivity contribution in [2.75, 3.05) is 7.11 Å². The average Bonchev–Trinajstić information content (AvgIpc) is 3.15. The summed E-state index contributed by atoms with van der Waals surface area (Å²) in [6, 6.07) is 15.2. The molecule has 0 saturated heterocycles. The molecule has 0 fully saturated rings. The molecule has 0 atom stereocenters. The Balaban J connectivity index is 1.73. The number of hydrogen-bond acceptors (Lipinski definition) is 7. The lowest BCUT2D eigenvalue weighted by Crippen LogP contribution is -2.24. The summed E-state index contributed by atoms with van der Waals surface area (Å²) in [6.45, 7) is 5.48. The Hall–Kier alpha value is -3.76. The number of sulfonamides is 1. The smallest absolute Gasteiger partial charge is 0.271 e. The number of aromatic nitrogens is 3. The van der Waals surface area contributed by atoms with Gasteiger partial charge in [0.05, 0.1) is 12.8 Å². The fourth-order valence-corrected chi connectivity index (χ4v) is 4.84. The van der Waals surface area contributed by atoms with Gasteiger partial charge < -0.3 is 9.26 Å². The minimum Gasteiger partial charge on any atom is -0.495 e. The molecule has 4 aromatic rings. The van der Waals surface area contributed by atoms with E-state index >= 15 is 0 Å². The quantitative estimate of drug-likeness (QED) is 0.431. The Morgan fingerprint density at radius 2 is 1.85 bits per heavy atom. The van der Waals surface area contributed by atoms with Gasteiger partial charge in [-0.2, -0.15) is 9.78 Å². The largest absolute Gasteiger partial charge is 0.495 e. The molecule has 176 valence electrons. The van der Waals surface area contributed by atoms with E-state index in [1.807, 2.05) is 31.2 Å². The molecule has 0 unspecified atom stereocenters. The van der Waals surface area contributed by atoms with E-state index in [1.54, 1.807) is 26.0 Å². The summed E-state index contributed by atoms with van der Waals surface area (Å²) in [5.41, 5.74) is 3.38. The molecule has 2 aromatic heterocycles. The summed E-state index contributed by atoms with van der Waals surface area (Å²) in [5.74, 6) is 0.641. The van der Waals surface area contributed by atoms with Crippen molar-refractivity contribution < 1.29 is 17.7 Å². The zero-order valence-corrected chi connectivity index (χ0v) is 20.0. The van der Waals surface area contributed by atoms with Crippen molar-refractivity contribution in [1.29, 1.82) is 0 Å². The van der Waals surface area contributed by atoms with Crippen LogP contribution in [0.15, 0.2) is 68.8 Å². The van der Waals surface area contributed by atoms with Gasteiger partial charge in [-0.25, -0.2) is 13.1 Å². The third kappa shape index (κ3) is 4.63. The van der Waals surface area contributed by atoms with Gasteiger partial charge in [-0.05, 0) is 50.6 Å². The lowest BCUT2D eigenvalue weighted by molar-refractivity contribution is 0.392. The predicted octanol–water partition coefficient (Wildman–Crippen LogP) is 3.30. The minimum atomic E-state index is -3.92. The van der Waals surface area contributed by atoms with Crippen molar-refractivity contribution >= 4 is 10.0 Å². The van der Waals surface area contributed by atoms with Gasteiger partial charge in [0.1, 0.15) is 22.0 Å². The van der Waals surface area contributed by atoms with E-state index in [2.05, 4.69) is 15.0 Å². The van der Waals surface area contributed by atoms with Crippen LogP contribution in [0.1, 0.15) is 22.6 Å². The molecule has 2 aromatic carbocycles. The number of aryl methyl sites for hydroxylation is 3. The molecular weight excluding hydrogens is 456 g/mol. The van der Waals surface area contributed by atoms with Crippen LogP contribution < -0.4 is 15.0 Å². The van der Waals surface area contributed by atoms with E-state index in [1.165, 1.54) is 30.0 Å². The van der Waals surface area contributed by atoms with Gasteiger partial charge in [0.15, 0.2) is 5.76 Å². The van der Waals surface area contributed by atoms with E-state index in [9.17, 15) is 13.2 Å². The summed E-state index contributed by atoms with van der Waals surface area (Å²) >= 11 is 0. The third-order valence-electron chi connectivity index (χ3n) is 5.31. The third-order valence-corrected chi connectivity index (χ3v) is 6.73. The predicted molar refractivity (Wildman–Crippen MR) is 127 cm³/mol. The zero-order valence-electron chi connectivity index (χ0n) is 19.2. The second-order valence-electron chi connectivity index (χ2n) is 7.82. The Kier molecular flexibility index (Phi) is 6.36. The van der Waals surface area contributed by atoms with Crippen LogP contribution in [0.25, 0.3) is 16.9 Å². The molecule has 2 heterocycles. The molecule has 0 aliphatic carbocycles. The number of nitrogens with zero attached hydrogens (tertiary/aromatic N) is 3. The molecule has 0 amide bonds. The van der Waals surface area contributed by atoms with Crippen LogP contribution in [0.3, 0.4) is 0 Å². The summed E-state index contributed by atoms with van der Waals surface area (Å²) in [7, 11) is -2.51. The van der Waals surface area contributed by atoms with Crippen molar-refractivity contribution in [3.8, 4) is 22.7 Å². The summed E-state index contributed by atoms with van der Waals surface area (Å²) in [6.07, 6.45) is 0. The first kappa shape index (κ1) is 23.4. The van der Waals surface area contributed by atoms with Crippen molar-refractivity contribution in [1.82, 2.24) is 19.7 Å². The van der Waals surface area contributed by atoms with Gasteiger partial charge in [0, 0.05) is 18.2 Å². The highest BCUT2D eigenvalue weighted by Crippen LogP contribution is 2.29. The van der Waals surface area contributed by atoms with Crippen LogP contribution in [-0.2, 0) is 16.6 Å². The van der Waals surface area contributed by atoms with Gasteiger partial charge in [0.25, 0.3) is 5.56 Å². The summed E-state index contributed by atoms with van der Waals surface area (Å²) in [5, 5.41) is 8.31. The van der Waals surface area contributed by atoms with E-state index in [4.69, 9.17) is 9.26 Å². The maximum absolute atomic E-state index is 13.2. The monoisotopic (exact) mass is 480 g/mol. The summed E-state index contributed by atoms with van der Waals surface area (Å²) < 4.78 is 40.6. The average molecular weight is 481 g/mol. The van der Waals surface area contributed by atoms with Crippen LogP contribution in [0, 0.1) is 20.8 Å². The van der Waals surface area contributed by atoms with Crippen LogP contribution in [0.4, 0.5) is 0 Å². The Bertz CT molecular complexity index is 1500. The molecule has 0 radical (unpaired) electrons. The molecule has 0 saturated carbocycles. The number of methoxy groups -OCH3 is 1. The standard InChI is InChI=1S/C24H24N4O5S/c1-15-6-5-7-18(12-15)14-25-34(30,31)22-13-19(8-10-21(22)32-4)20-9-11-23(29)28(26-20)24-16(2)27-33-17(24)3/h5-13,25H,14H2,1-4H3. The number of hydrogen-bond donors (Lipinski definition) is 1. The Morgan fingerprint density at radius 3 is 2.53 bits per heavy atom. The molecule has 34 heavy (non-hydrogen) atoms. The zero-order chi connectivity index (χ0) is 24.5. The van der Waals surface area contributed by atoms with Crippen LogP contribution >= 0.6 is 0 Å². The first-order chi connectivity index (χ1) is 16.2. The topological polar surface area (TPSA) is 116 Å². The highest BCUT2D eigenvalue weighted by Gasteiger charge is 2.21. The lowest BCUT2D eigenvalue weighted by atomic mass is 10.1. The van der Waals surface area contributed by atoms with E-state index < -0.39 is 10.0 Å². The lowest BCUT2D eigenvalue weighted by Gasteiger charge is -2.13. The van der Waals surface area contributed by atoms with Gasteiger partial charge in [-0.15, -0.1) is 0 Å². The SMILES string of the molecule is COc1ccc(-c2ccc(=O)n(-c3c(C)noc3C)n2)cc1S(=O)(=O)NCc1cccc(C)c1. The van der Waals surface area contributed by atoms with Gasteiger partial charge in [-0.3, -0.25) is 4.79 Å². The van der Waals surface area contributed by atoms with Crippen LogP contribution in [-0.4, -0.2) is 30.5 Å². The molecule has 0 bridgehead atoms. The maximum atomic E-state index is 13.2. The fraction of sp³-hybridized carbons (Fsp3) is 0.208. The molecule has 1 N–H and O–H groups in total. The van der Waals surface area contributed by atoms with Gasteiger partial charge in [0.2, 0.25) is 10.0 Å². The van der Waals surface area contributed by atoms with Gasteiger partial charge in [-0.1, -0.05) is 35.0 Å². The van der Waals surface area contributed by atoms with E-state index in [0.717, 1.165) is 11.1 Å². The second kappa shape index (κ2) is 9.24. The maximum Gasteiger partial charge on any atom is 0.271 e. The first-order valence-corrected chi connectivity index (χ1v) is 11.9. The highest BCUT2D eigenvalue weighted by atomic mass is 32.2. The highest BCUT2D eigenvalue weighted by molar-refractivity contribution is 7.89. The van der Waals surface area contributed by atoms with Crippen LogP contribution in [0.2, 0.25) is 0 Å². The van der Waals surface area contributed by atoms with Crippen molar-refractivity contribution in [3.63, 3.8) is 0 Å². The molecular formula is C24H24N4O5S. The Morgan fingerprint density at radius 1 is 1.06 bits per heavy atom. The van der Waals surface area contributed by atoms with Crippen molar-refractivity contribution in [2.45, 2.75) is 32.2 Å². The number of rotatable bonds is 7. The van der Waals surface area contributed by atoms with E-state index in [-0.39, 0.29) is 22.7 Å². The minimum absolute atomic E-state index is 0.0305. The molecule has 9 nitrogen and oxygen atoms in total. The second-order valence-corrected chi connectivity index (χ2v) is 9.56. The van der Waals surface area contributed by atoms with Crippen molar-refractivity contribution in [3.05, 3.63) is 87.5 Å². The Labute approximate surface area is 197 Å². The number of benzene rings is 2. The molecule has 0 aliphatic heterocycles. The molecule has 0 spiro atoms. The molecule has 0 aliphatic rings. The van der Waals surface area contributed by atoms with Crippen LogP contribution in [0.5, 0.6) is 5.75 Å². The van der Waals surface area contributed by atoms with Crippen molar-refractivity contribution in [2.24, 2.45) is 0 Å². The van der Waals surface area contributed by atoms with Gasteiger partial charge >= 0.3 is 0 Å². The first-order valence-electron chi connectivity index (χ1n) is 10.5. The summed E-state index contributed by atoms with van der Waals surface area (Å²) in [4.78, 5) is 12.5.